The van der Waals surface area contributed by atoms with E-state index in [1.165, 1.54) is 12.1 Å². The van der Waals surface area contributed by atoms with Gasteiger partial charge in [0.2, 0.25) is 10.0 Å². The summed E-state index contributed by atoms with van der Waals surface area (Å²) < 4.78 is 35.1. The lowest BCUT2D eigenvalue weighted by Gasteiger charge is -2.05. The Kier molecular flexibility index (Phi) is 3.78. The Morgan fingerprint density at radius 2 is 2.13 bits per heavy atom. The Hall–Kier alpha value is -0.980. The number of benzene rings is 1. The van der Waals surface area contributed by atoms with Gasteiger partial charge in [0.25, 0.3) is 0 Å². The molecule has 0 radical (unpaired) electrons. The minimum absolute atomic E-state index is 0.460. The van der Waals surface area contributed by atoms with Gasteiger partial charge in [0.05, 0.1) is 0 Å². The fourth-order valence-corrected chi connectivity index (χ4v) is 1.80. The second-order valence-corrected chi connectivity index (χ2v) is 4.62. The second-order valence-electron chi connectivity index (χ2n) is 3.09. The van der Waals surface area contributed by atoms with Crippen molar-refractivity contribution in [2.75, 3.05) is 6.54 Å². The highest BCUT2D eigenvalue weighted by atomic mass is 32.2. The second kappa shape index (κ2) is 4.69. The maximum atomic E-state index is 13.1. The molecule has 15 heavy (non-hydrogen) atoms. The molecule has 0 atom stereocenters. The third-order valence-electron chi connectivity index (χ3n) is 1.88. The molecule has 0 heterocycles. The molecule has 1 rings (SSSR count). The van der Waals surface area contributed by atoms with Crippen LogP contribution in [0.3, 0.4) is 0 Å². The van der Waals surface area contributed by atoms with Crippen molar-refractivity contribution >= 4 is 10.0 Å². The molecule has 0 spiro atoms. The molecule has 4 nitrogen and oxygen atoms in total. The van der Waals surface area contributed by atoms with E-state index in [0.717, 1.165) is 12.6 Å². The fraction of sp³-hybridized carbons (Fsp3) is 0.333. The van der Waals surface area contributed by atoms with Crippen LogP contribution in [0.2, 0.25) is 0 Å². The lowest BCUT2D eigenvalue weighted by atomic mass is 10.2. The highest BCUT2D eigenvalue weighted by Crippen LogP contribution is 2.14. The number of hydrogen-bond donors (Lipinski definition) is 2. The van der Waals surface area contributed by atoms with Crippen molar-refractivity contribution in [1.82, 2.24) is 5.32 Å². The van der Waals surface area contributed by atoms with Crippen molar-refractivity contribution < 1.29 is 12.8 Å². The van der Waals surface area contributed by atoms with Gasteiger partial charge in [-0.1, -0.05) is 13.0 Å². The molecule has 84 valence electrons. The summed E-state index contributed by atoms with van der Waals surface area (Å²) in [6.45, 7) is 3.16. The van der Waals surface area contributed by atoms with Gasteiger partial charge >= 0.3 is 0 Å². The van der Waals surface area contributed by atoms with E-state index in [4.69, 9.17) is 5.14 Å². The number of rotatable bonds is 4. The first kappa shape index (κ1) is 12.1. The first-order valence-electron chi connectivity index (χ1n) is 4.47. The van der Waals surface area contributed by atoms with E-state index in [0.29, 0.717) is 12.1 Å². The van der Waals surface area contributed by atoms with Gasteiger partial charge in [0.15, 0.2) is 0 Å². The molecular weight excluding hydrogens is 219 g/mol. The van der Waals surface area contributed by atoms with Gasteiger partial charge in [0.1, 0.15) is 10.7 Å². The molecule has 0 amide bonds. The molecule has 0 aliphatic heterocycles. The predicted octanol–water partition coefficient (Wildman–Crippen LogP) is 0.583. The van der Waals surface area contributed by atoms with Gasteiger partial charge < -0.3 is 5.32 Å². The molecule has 0 bridgehead atoms. The highest BCUT2D eigenvalue weighted by Gasteiger charge is 2.14. The quantitative estimate of drug-likeness (QED) is 0.797. The van der Waals surface area contributed by atoms with Crippen molar-refractivity contribution in [2.24, 2.45) is 5.14 Å². The molecular formula is C9H13FN2O2S. The van der Waals surface area contributed by atoms with E-state index in [9.17, 15) is 12.8 Å². The molecule has 0 fully saturated rings. The van der Waals surface area contributed by atoms with E-state index in [1.54, 1.807) is 0 Å². The molecule has 0 aromatic heterocycles. The normalized spacial score (nSPS) is 11.7. The van der Waals surface area contributed by atoms with Gasteiger partial charge in [-0.25, -0.2) is 17.9 Å². The van der Waals surface area contributed by atoms with Crippen LogP contribution in [0.4, 0.5) is 4.39 Å². The van der Waals surface area contributed by atoms with Gasteiger partial charge in [-0.05, 0) is 24.2 Å². The highest BCUT2D eigenvalue weighted by molar-refractivity contribution is 7.89. The Morgan fingerprint density at radius 3 is 2.67 bits per heavy atom. The lowest BCUT2D eigenvalue weighted by molar-refractivity contribution is 0.566. The molecule has 1 aromatic carbocycles. The number of halogens is 1. The summed E-state index contributed by atoms with van der Waals surface area (Å²) in [6, 6.07) is 3.87. The summed E-state index contributed by atoms with van der Waals surface area (Å²) in [5.74, 6) is -0.822. The van der Waals surface area contributed by atoms with Crippen molar-refractivity contribution in [3.63, 3.8) is 0 Å². The van der Waals surface area contributed by atoms with Gasteiger partial charge in [-0.2, -0.15) is 0 Å². The zero-order chi connectivity index (χ0) is 11.5. The van der Waals surface area contributed by atoms with E-state index in [1.807, 2.05) is 6.92 Å². The SMILES string of the molecule is CCNCc1ccc(F)c(S(N)(=O)=O)c1. The largest absolute Gasteiger partial charge is 0.313 e. The standard InChI is InChI=1S/C9H13FN2O2S/c1-2-12-6-7-3-4-8(10)9(5-7)15(11,13)14/h3-5,12H,2,6H2,1H3,(H2,11,13,14). The average molecular weight is 232 g/mol. The minimum atomic E-state index is -3.98. The molecule has 1 aromatic rings. The fourth-order valence-electron chi connectivity index (χ4n) is 1.15. The van der Waals surface area contributed by atoms with Crippen LogP contribution in [0.25, 0.3) is 0 Å². The Morgan fingerprint density at radius 1 is 1.47 bits per heavy atom. The zero-order valence-corrected chi connectivity index (χ0v) is 9.14. The van der Waals surface area contributed by atoms with Crippen LogP contribution in [0, 0.1) is 5.82 Å². The first-order valence-corrected chi connectivity index (χ1v) is 6.01. The molecule has 0 aliphatic carbocycles. The summed E-state index contributed by atoms with van der Waals surface area (Å²) in [4.78, 5) is -0.460. The molecule has 0 saturated heterocycles. The average Bonchev–Trinajstić information content (AvgIpc) is 2.15. The first-order chi connectivity index (χ1) is 6.95. The summed E-state index contributed by atoms with van der Waals surface area (Å²) in [5, 5.41) is 7.87. The minimum Gasteiger partial charge on any atom is -0.313 e. The summed E-state index contributed by atoms with van der Waals surface area (Å²) in [5.41, 5.74) is 0.683. The summed E-state index contributed by atoms with van der Waals surface area (Å²) in [6.07, 6.45) is 0. The van der Waals surface area contributed by atoms with Crippen molar-refractivity contribution in [2.45, 2.75) is 18.4 Å². The van der Waals surface area contributed by atoms with Crippen LogP contribution in [0.15, 0.2) is 23.1 Å². The topological polar surface area (TPSA) is 72.2 Å². The molecule has 0 aliphatic rings. The number of sulfonamides is 1. The molecule has 0 unspecified atom stereocenters. The Bertz CT molecular complexity index is 445. The van der Waals surface area contributed by atoms with E-state index >= 15 is 0 Å². The number of primary sulfonamides is 1. The molecule has 6 heteroatoms. The van der Waals surface area contributed by atoms with Gasteiger partial charge in [0, 0.05) is 6.54 Å². The van der Waals surface area contributed by atoms with E-state index < -0.39 is 20.7 Å². The zero-order valence-electron chi connectivity index (χ0n) is 8.33. The maximum Gasteiger partial charge on any atom is 0.240 e. The van der Waals surface area contributed by atoms with Crippen LogP contribution in [-0.4, -0.2) is 15.0 Å². The van der Waals surface area contributed by atoms with E-state index in [-0.39, 0.29) is 0 Å². The Balaban J connectivity index is 3.06. The van der Waals surface area contributed by atoms with Crippen LogP contribution < -0.4 is 10.5 Å². The van der Waals surface area contributed by atoms with Crippen LogP contribution in [0.5, 0.6) is 0 Å². The van der Waals surface area contributed by atoms with Crippen LogP contribution in [-0.2, 0) is 16.6 Å². The van der Waals surface area contributed by atoms with Crippen LogP contribution in [0.1, 0.15) is 12.5 Å². The maximum absolute atomic E-state index is 13.1. The van der Waals surface area contributed by atoms with Gasteiger partial charge in [-0.15, -0.1) is 0 Å². The third kappa shape index (κ3) is 3.26. The summed E-state index contributed by atoms with van der Waals surface area (Å²) in [7, 11) is -3.98. The van der Waals surface area contributed by atoms with Crippen molar-refractivity contribution in [3.05, 3.63) is 29.6 Å². The number of nitrogens with two attached hydrogens (primary N) is 1. The van der Waals surface area contributed by atoms with Crippen molar-refractivity contribution in [1.29, 1.82) is 0 Å². The number of nitrogens with one attached hydrogen (secondary N) is 1. The van der Waals surface area contributed by atoms with Gasteiger partial charge in [-0.3, -0.25) is 0 Å². The molecule has 3 N–H and O–H groups in total. The summed E-state index contributed by atoms with van der Waals surface area (Å²) >= 11 is 0. The smallest absolute Gasteiger partial charge is 0.240 e. The number of hydrogen-bond acceptors (Lipinski definition) is 3. The third-order valence-corrected chi connectivity index (χ3v) is 2.81. The van der Waals surface area contributed by atoms with Crippen LogP contribution >= 0.6 is 0 Å². The molecule has 0 saturated carbocycles. The Labute approximate surface area is 88.3 Å². The van der Waals surface area contributed by atoms with E-state index in [2.05, 4.69) is 5.32 Å². The lowest BCUT2D eigenvalue weighted by Crippen LogP contribution is -2.16. The predicted molar refractivity (Wildman–Crippen MR) is 55.2 cm³/mol. The van der Waals surface area contributed by atoms with Crippen molar-refractivity contribution in [3.8, 4) is 0 Å². The monoisotopic (exact) mass is 232 g/mol.